The van der Waals surface area contributed by atoms with E-state index >= 15 is 0 Å². The van der Waals surface area contributed by atoms with Crippen LogP contribution in [0.2, 0.25) is 0 Å². The van der Waals surface area contributed by atoms with Gasteiger partial charge in [0, 0.05) is 5.56 Å². The Morgan fingerprint density at radius 1 is 0.906 bits per heavy atom. The molecule has 32 heavy (non-hydrogen) atoms. The van der Waals surface area contributed by atoms with Gasteiger partial charge in [-0.1, -0.05) is 74.0 Å². The van der Waals surface area contributed by atoms with Gasteiger partial charge in [0.05, 0.1) is 0 Å². The minimum Gasteiger partial charge on any atom is -0.503 e. The molecule has 0 heterocycles. The summed E-state index contributed by atoms with van der Waals surface area (Å²) in [6, 6.07) is 16.8. The van der Waals surface area contributed by atoms with Crippen molar-refractivity contribution in [3.8, 4) is 16.9 Å². The molecule has 3 aromatic carbocycles. The highest BCUT2D eigenvalue weighted by atomic mass is 19.1. The molecule has 1 atom stereocenters. The third kappa shape index (κ3) is 5.50. The second-order valence-corrected chi connectivity index (χ2v) is 8.06. The first-order valence-corrected chi connectivity index (χ1v) is 10.7. The number of hydrogen-bond donors (Lipinski definition) is 1. The van der Waals surface area contributed by atoms with Crippen LogP contribution in [0.15, 0.2) is 78.4 Å². The number of phenols is 1. The van der Waals surface area contributed by atoms with E-state index in [1.54, 1.807) is 6.07 Å². The Labute approximate surface area is 187 Å². The predicted molar refractivity (Wildman–Crippen MR) is 125 cm³/mol. The SMILES string of the molecule is CC/C(=C\C=C(/C)C[C@@H](C)c1ccccc1)c1ccc(-c2cc(F)c(O)c(F)c2)c(F)c1. The van der Waals surface area contributed by atoms with Crippen LogP contribution in [-0.2, 0) is 0 Å². The van der Waals surface area contributed by atoms with E-state index in [4.69, 9.17) is 0 Å². The lowest BCUT2D eigenvalue weighted by molar-refractivity contribution is 0.396. The van der Waals surface area contributed by atoms with Crippen LogP contribution < -0.4 is 0 Å². The van der Waals surface area contributed by atoms with Crippen molar-refractivity contribution in [3.05, 3.63) is 107 Å². The van der Waals surface area contributed by atoms with Crippen molar-refractivity contribution in [2.24, 2.45) is 0 Å². The molecule has 0 aromatic heterocycles. The number of allylic oxidation sites excluding steroid dienone is 4. The predicted octanol–water partition coefficient (Wildman–Crippen LogP) is 8.41. The lowest BCUT2D eigenvalue weighted by Gasteiger charge is -2.12. The van der Waals surface area contributed by atoms with Crippen molar-refractivity contribution in [1.82, 2.24) is 0 Å². The maximum absolute atomic E-state index is 14.8. The molecule has 0 saturated carbocycles. The van der Waals surface area contributed by atoms with Crippen molar-refractivity contribution >= 4 is 5.57 Å². The summed E-state index contributed by atoms with van der Waals surface area (Å²) >= 11 is 0. The first-order chi connectivity index (χ1) is 15.3. The molecule has 0 unspecified atom stereocenters. The summed E-state index contributed by atoms with van der Waals surface area (Å²) in [7, 11) is 0. The van der Waals surface area contributed by atoms with E-state index in [1.165, 1.54) is 23.3 Å². The second-order valence-electron chi connectivity index (χ2n) is 8.06. The van der Waals surface area contributed by atoms with E-state index in [1.807, 2.05) is 31.2 Å². The van der Waals surface area contributed by atoms with Crippen LogP contribution in [0.3, 0.4) is 0 Å². The van der Waals surface area contributed by atoms with E-state index in [0.717, 1.165) is 24.1 Å². The zero-order valence-electron chi connectivity index (χ0n) is 18.5. The first kappa shape index (κ1) is 23.4. The first-order valence-electron chi connectivity index (χ1n) is 10.7. The molecule has 0 aliphatic heterocycles. The van der Waals surface area contributed by atoms with E-state index in [0.29, 0.717) is 17.9 Å². The Bertz CT molecular complexity index is 1120. The highest BCUT2D eigenvalue weighted by molar-refractivity contribution is 5.72. The Morgan fingerprint density at radius 2 is 1.56 bits per heavy atom. The minimum absolute atomic E-state index is 0.0366. The van der Waals surface area contributed by atoms with Gasteiger partial charge in [-0.2, -0.15) is 0 Å². The van der Waals surface area contributed by atoms with Gasteiger partial charge in [-0.05, 0) is 66.1 Å². The average molecular weight is 437 g/mol. The molecule has 0 spiro atoms. The summed E-state index contributed by atoms with van der Waals surface area (Å²) in [6.45, 7) is 6.28. The molecule has 3 rings (SSSR count). The van der Waals surface area contributed by atoms with Crippen molar-refractivity contribution in [1.29, 1.82) is 0 Å². The number of aromatic hydroxyl groups is 1. The van der Waals surface area contributed by atoms with Crippen LogP contribution in [0, 0.1) is 17.5 Å². The van der Waals surface area contributed by atoms with Crippen LogP contribution in [0.25, 0.3) is 16.7 Å². The van der Waals surface area contributed by atoms with Gasteiger partial charge in [-0.25, -0.2) is 13.2 Å². The van der Waals surface area contributed by atoms with Gasteiger partial charge >= 0.3 is 0 Å². The average Bonchev–Trinajstić information content (AvgIpc) is 2.78. The van der Waals surface area contributed by atoms with Crippen LogP contribution in [-0.4, -0.2) is 5.11 Å². The maximum Gasteiger partial charge on any atom is 0.187 e. The summed E-state index contributed by atoms with van der Waals surface area (Å²) in [4.78, 5) is 0. The topological polar surface area (TPSA) is 20.2 Å². The molecule has 3 aromatic rings. The second kappa shape index (κ2) is 10.4. The maximum atomic E-state index is 14.8. The third-order valence-corrected chi connectivity index (χ3v) is 5.61. The van der Waals surface area contributed by atoms with E-state index in [2.05, 4.69) is 32.1 Å². The molecule has 0 radical (unpaired) electrons. The van der Waals surface area contributed by atoms with Crippen molar-refractivity contribution < 1.29 is 18.3 Å². The zero-order valence-corrected chi connectivity index (χ0v) is 18.5. The fraction of sp³-hybridized carbons (Fsp3) is 0.214. The number of rotatable bonds is 7. The molecule has 4 heteroatoms. The molecular weight excluding hydrogens is 409 g/mol. The molecule has 0 bridgehead atoms. The highest BCUT2D eigenvalue weighted by Crippen LogP contribution is 2.31. The summed E-state index contributed by atoms with van der Waals surface area (Å²) in [5.74, 6) is -3.49. The monoisotopic (exact) mass is 436 g/mol. The standard InChI is InChI=1S/C28H27F3O/c1-4-20(11-10-18(2)14-19(3)21-8-6-5-7-9-21)22-12-13-24(25(29)15-22)23-16-26(30)28(32)27(31)17-23/h5-13,15-17,19,32H,4,14H2,1-3H3/b18-10+,20-11+/t19-/m1/s1. The third-order valence-electron chi connectivity index (χ3n) is 5.61. The summed E-state index contributed by atoms with van der Waals surface area (Å²) < 4.78 is 42.1. The van der Waals surface area contributed by atoms with Crippen molar-refractivity contribution in [3.63, 3.8) is 0 Å². The molecule has 166 valence electrons. The van der Waals surface area contributed by atoms with E-state index < -0.39 is 23.2 Å². The van der Waals surface area contributed by atoms with Gasteiger partial charge < -0.3 is 5.11 Å². The molecule has 0 aliphatic rings. The van der Waals surface area contributed by atoms with Crippen LogP contribution >= 0.6 is 0 Å². The van der Waals surface area contributed by atoms with Gasteiger partial charge in [0.1, 0.15) is 5.82 Å². The lowest BCUT2D eigenvalue weighted by atomic mass is 9.93. The number of benzene rings is 3. The largest absolute Gasteiger partial charge is 0.503 e. The highest BCUT2D eigenvalue weighted by Gasteiger charge is 2.14. The molecular formula is C28H27F3O. The van der Waals surface area contributed by atoms with E-state index in [-0.39, 0.29) is 11.1 Å². The lowest BCUT2D eigenvalue weighted by Crippen LogP contribution is -1.94. The normalized spacial score (nSPS) is 13.3. The van der Waals surface area contributed by atoms with Crippen LogP contribution in [0.4, 0.5) is 13.2 Å². The molecule has 1 N–H and O–H groups in total. The van der Waals surface area contributed by atoms with Gasteiger partial charge in [-0.15, -0.1) is 0 Å². The number of hydrogen-bond acceptors (Lipinski definition) is 1. The van der Waals surface area contributed by atoms with Crippen LogP contribution in [0.1, 0.15) is 50.7 Å². The van der Waals surface area contributed by atoms with E-state index in [9.17, 15) is 18.3 Å². The number of halogens is 3. The van der Waals surface area contributed by atoms with Gasteiger partial charge in [0.25, 0.3) is 0 Å². The Hall–Kier alpha value is -3.27. The summed E-state index contributed by atoms with van der Waals surface area (Å²) in [5.41, 5.74) is 4.30. The van der Waals surface area contributed by atoms with Crippen molar-refractivity contribution in [2.75, 3.05) is 0 Å². The fourth-order valence-electron chi connectivity index (χ4n) is 3.78. The molecule has 0 saturated heterocycles. The zero-order chi connectivity index (χ0) is 23.3. The Balaban J connectivity index is 1.82. The quantitative estimate of drug-likeness (QED) is 0.369. The minimum atomic E-state index is -1.12. The fourth-order valence-corrected chi connectivity index (χ4v) is 3.78. The number of phenolic OH excluding ortho intramolecular Hbond substituents is 1. The Morgan fingerprint density at radius 3 is 2.16 bits per heavy atom. The van der Waals surface area contributed by atoms with Gasteiger partial charge in [0.15, 0.2) is 17.4 Å². The van der Waals surface area contributed by atoms with Crippen molar-refractivity contribution in [2.45, 2.75) is 39.5 Å². The van der Waals surface area contributed by atoms with Gasteiger partial charge in [0.2, 0.25) is 0 Å². The molecule has 1 nitrogen and oxygen atoms in total. The molecule has 0 aliphatic carbocycles. The molecule has 0 amide bonds. The van der Waals surface area contributed by atoms with Crippen LogP contribution in [0.5, 0.6) is 5.75 Å². The smallest absolute Gasteiger partial charge is 0.187 e. The molecule has 0 fully saturated rings. The Kier molecular flexibility index (Phi) is 7.57. The summed E-state index contributed by atoms with van der Waals surface area (Å²) in [6.07, 6.45) is 5.69. The summed E-state index contributed by atoms with van der Waals surface area (Å²) in [5, 5.41) is 9.26. The van der Waals surface area contributed by atoms with Gasteiger partial charge in [-0.3, -0.25) is 0 Å².